The van der Waals surface area contributed by atoms with Gasteiger partial charge >= 0.3 is 35.6 Å². The SMILES string of the molecule is C1C23CC12C3.CC1(C)OB(C23CC(B4OC(C)(C)C(C)(C)O4)(C2)C3)OC1(C)C.CC1(C)OB(C23CC(B4OC(C)(C)C(C)(C)O4)(C2)C3)OC1(C)C.CCOCC.COc1ccc(Br)cc1.Cc1ccc(C23CC(B4OC(C)(C)C(C)(C)O4)(C2)C3)cc1. The first-order valence-corrected chi connectivity index (χ1v) is 33.8. The highest BCUT2D eigenvalue weighted by Gasteiger charge is 2.97. The van der Waals surface area contributed by atoms with Crippen molar-refractivity contribution in [2.75, 3.05) is 20.3 Å². The lowest BCUT2D eigenvalue weighted by molar-refractivity contribution is -0.0383. The molecular formula is C68H108B5BrO12. The Bertz CT molecular complexity index is 2520. The summed E-state index contributed by atoms with van der Waals surface area (Å²) < 4.78 is 73.8. The first kappa shape index (κ1) is 66.1. The van der Waals surface area contributed by atoms with E-state index in [1.165, 1.54) is 30.4 Å². The van der Waals surface area contributed by atoms with Crippen LogP contribution in [0.15, 0.2) is 53.0 Å². The van der Waals surface area contributed by atoms with Gasteiger partial charge in [-0.3, -0.25) is 0 Å². The Morgan fingerprint density at radius 3 is 0.756 bits per heavy atom. The average molecular weight is 1250 g/mol. The second-order valence-electron chi connectivity index (χ2n) is 35.0. The van der Waals surface area contributed by atoms with Crippen molar-refractivity contribution in [1.29, 1.82) is 0 Å². The largest absolute Gasteiger partial charge is 0.497 e. The molecule has 12 saturated carbocycles. The van der Waals surface area contributed by atoms with E-state index in [2.05, 4.69) is 186 Å². The van der Waals surface area contributed by atoms with Crippen LogP contribution >= 0.6 is 15.9 Å². The Morgan fingerprint density at radius 2 is 0.570 bits per heavy atom. The Balaban J connectivity index is 0.000000116. The van der Waals surface area contributed by atoms with E-state index in [-0.39, 0.29) is 118 Å². The summed E-state index contributed by atoms with van der Waals surface area (Å²) in [6.07, 6.45) is 15.1. The van der Waals surface area contributed by atoms with E-state index < -0.39 is 0 Å². The summed E-state index contributed by atoms with van der Waals surface area (Å²) in [7, 11) is 1.29. The molecule has 18 heteroatoms. The molecule has 0 aromatic heterocycles. The summed E-state index contributed by atoms with van der Waals surface area (Å²) in [4.78, 5) is 0. The van der Waals surface area contributed by atoms with Crippen LogP contribution in [0.25, 0.3) is 0 Å². The highest BCUT2D eigenvalue weighted by atomic mass is 79.9. The first-order valence-electron chi connectivity index (χ1n) is 33.0. The molecule has 12 aliphatic carbocycles. The van der Waals surface area contributed by atoms with Crippen molar-refractivity contribution >= 4 is 51.5 Å². The Morgan fingerprint density at radius 1 is 0.349 bits per heavy atom. The molecule has 17 fully saturated rings. The monoisotopic (exact) mass is 1250 g/mol. The van der Waals surface area contributed by atoms with Gasteiger partial charge in [-0.05, 0) is 282 Å². The summed E-state index contributed by atoms with van der Waals surface area (Å²) in [5.74, 6) is 0.887. The van der Waals surface area contributed by atoms with Gasteiger partial charge in [0.05, 0.1) is 63.1 Å². The molecule has 19 rings (SSSR count). The molecule has 6 bridgehead atoms. The van der Waals surface area contributed by atoms with Gasteiger partial charge < -0.3 is 56.0 Å². The summed E-state index contributed by atoms with van der Waals surface area (Å²) >= 11 is 3.32. The molecule has 0 amide bonds. The number of benzene rings is 2. The van der Waals surface area contributed by atoms with Crippen LogP contribution in [0.5, 0.6) is 5.75 Å². The second kappa shape index (κ2) is 20.3. The van der Waals surface area contributed by atoms with Crippen molar-refractivity contribution in [2.45, 2.75) is 324 Å². The Hall–Kier alpha value is -1.40. The molecule has 0 N–H and O–H groups in total. The zero-order valence-corrected chi connectivity index (χ0v) is 59.3. The van der Waals surface area contributed by atoms with Gasteiger partial charge in [0.1, 0.15) is 5.75 Å². The van der Waals surface area contributed by atoms with E-state index in [0.29, 0.717) is 5.41 Å². The third-order valence-electron chi connectivity index (χ3n) is 26.0. The van der Waals surface area contributed by atoms with Crippen molar-refractivity contribution in [2.24, 2.45) is 10.8 Å². The predicted molar refractivity (Wildman–Crippen MR) is 350 cm³/mol. The normalized spacial score (nSPS) is 40.2. The zero-order chi connectivity index (χ0) is 63.2. The highest BCUT2D eigenvalue weighted by molar-refractivity contribution is 9.10. The Kier molecular flexibility index (Phi) is 15.6. The van der Waals surface area contributed by atoms with Gasteiger partial charge in [0.15, 0.2) is 0 Å². The van der Waals surface area contributed by atoms with Crippen molar-refractivity contribution < 1.29 is 56.0 Å². The molecule has 5 saturated heterocycles. The fourth-order valence-corrected chi connectivity index (χ4v) is 16.4. The lowest BCUT2D eigenvalue weighted by Crippen LogP contribution is -2.66. The van der Waals surface area contributed by atoms with E-state index in [1.807, 2.05) is 38.1 Å². The molecule has 474 valence electrons. The van der Waals surface area contributed by atoms with Crippen LogP contribution in [-0.2, 0) is 56.7 Å². The van der Waals surface area contributed by atoms with E-state index in [9.17, 15) is 0 Å². The van der Waals surface area contributed by atoms with Gasteiger partial charge in [-0.25, -0.2) is 0 Å². The van der Waals surface area contributed by atoms with Crippen LogP contribution in [0.2, 0.25) is 26.6 Å². The first-order chi connectivity index (χ1) is 39.3. The minimum atomic E-state index is -0.245. The summed E-state index contributed by atoms with van der Waals surface area (Å²) in [6, 6.07) is 16.8. The maximum Gasteiger partial charge on any atom is 0.464 e. The van der Waals surface area contributed by atoms with Crippen LogP contribution in [0.4, 0.5) is 0 Å². The number of methoxy groups -OCH3 is 1. The van der Waals surface area contributed by atoms with Gasteiger partial charge in [0.25, 0.3) is 0 Å². The minimum Gasteiger partial charge on any atom is -0.497 e. The van der Waals surface area contributed by atoms with Gasteiger partial charge in [-0.1, -0.05) is 45.8 Å². The lowest BCUT2D eigenvalue weighted by Gasteiger charge is -2.71. The number of aryl methyl sites for hydroxylation is 1. The Labute approximate surface area is 530 Å². The maximum atomic E-state index is 6.29. The van der Waals surface area contributed by atoms with E-state index in [4.69, 9.17) is 56.0 Å². The number of hydrogen-bond acceptors (Lipinski definition) is 12. The van der Waals surface area contributed by atoms with Gasteiger partial charge in [-0.2, -0.15) is 0 Å². The molecule has 86 heavy (non-hydrogen) atoms. The summed E-state index contributed by atoms with van der Waals surface area (Å²) in [5.41, 5.74) is 3.01. The fraction of sp³-hybridized carbons (Fsp3) is 0.824. The molecule has 0 atom stereocenters. The zero-order valence-electron chi connectivity index (χ0n) is 57.7. The number of ether oxygens (including phenoxy) is 2. The number of hydrogen-bond donors (Lipinski definition) is 0. The quantitative estimate of drug-likeness (QED) is 0.223. The van der Waals surface area contributed by atoms with Crippen LogP contribution < -0.4 is 4.74 Å². The fourth-order valence-electron chi connectivity index (χ4n) is 16.1. The molecule has 0 spiro atoms. The van der Waals surface area contributed by atoms with Crippen LogP contribution in [0.1, 0.15) is 240 Å². The van der Waals surface area contributed by atoms with Crippen molar-refractivity contribution in [3.8, 4) is 5.75 Å². The average Bonchev–Trinajstić information content (AvgIpc) is 1.39. The minimum absolute atomic E-state index is 0.0187. The van der Waals surface area contributed by atoms with Crippen LogP contribution in [0, 0.1) is 17.8 Å². The van der Waals surface area contributed by atoms with Gasteiger partial charge in [0.2, 0.25) is 0 Å². The maximum absolute atomic E-state index is 6.29. The van der Waals surface area contributed by atoms with E-state index >= 15 is 0 Å². The molecule has 17 aliphatic rings. The molecule has 5 heterocycles. The summed E-state index contributed by atoms with van der Waals surface area (Å²) in [5, 5.41) is 0.975. The molecule has 5 aliphatic heterocycles. The highest BCUT2D eigenvalue weighted by Crippen LogP contribution is 3.06. The van der Waals surface area contributed by atoms with Crippen LogP contribution in [-0.4, -0.2) is 112 Å². The predicted octanol–water partition coefficient (Wildman–Crippen LogP) is 16.6. The van der Waals surface area contributed by atoms with Gasteiger partial charge in [-0.15, -0.1) is 0 Å². The molecule has 12 nitrogen and oxygen atoms in total. The summed E-state index contributed by atoms with van der Waals surface area (Å²) in [6.45, 7) is 50.4. The molecule has 0 radical (unpaired) electrons. The number of rotatable bonds is 9. The molecule has 0 unspecified atom stereocenters. The standard InChI is InChI=1S/C18H25BO2.2C17H30B2O4.C7H7BrO.C5H6.C4H10O/c1-13-6-8-14(9-7-13)17-10-18(11-17,12-17)19-20-15(2,3)16(4,5)21-19;2*1-12(2)13(3,4)21-18(20-12)16-9-17(10-16,11-16)19-22-14(5,6)15(7,8)23-19;1-9-7-4-2-6(8)3-5-7;1-4-2-5(1,4)3-4;1-3-5-4-2/h6-9H,10-12H2,1-5H3;2*9-11H2,1-8H3;2-5H,1H3;1-3H2;3-4H2,1-2H3. The van der Waals surface area contributed by atoms with Crippen molar-refractivity contribution in [1.82, 2.24) is 0 Å². The van der Waals surface area contributed by atoms with Crippen molar-refractivity contribution in [3.63, 3.8) is 0 Å². The van der Waals surface area contributed by atoms with E-state index in [1.54, 1.807) is 26.4 Å². The smallest absolute Gasteiger partial charge is 0.464 e. The van der Waals surface area contributed by atoms with Gasteiger partial charge in [0, 0.05) is 44.3 Å². The third kappa shape index (κ3) is 10.5. The lowest BCUT2D eigenvalue weighted by atomic mass is 9.16. The molecule has 2 aromatic carbocycles. The molecule has 2 aromatic rings. The third-order valence-corrected chi connectivity index (χ3v) is 26.5. The van der Waals surface area contributed by atoms with Crippen molar-refractivity contribution in [3.05, 3.63) is 64.1 Å². The topological polar surface area (TPSA) is 111 Å². The van der Waals surface area contributed by atoms with Crippen LogP contribution in [0.3, 0.4) is 0 Å². The molecular weight excluding hydrogens is 1140 g/mol. The second-order valence-corrected chi connectivity index (χ2v) is 35.9. The number of halogens is 1. The van der Waals surface area contributed by atoms with E-state index in [0.717, 1.165) is 72.8 Å².